The number of carbonyl (C=O) groups excluding carboxylic acids is 1. The Kier molecular flexibility index (Phi) is 4.72. The van der Waals surface area contributed by atoms with E-state index in [1.165, 1.54) is 12.1 Å². The van der Waals surface area contributed by atoms with Crippen molar-refractivity contribution < 1.29 is 9.18 Å². The van der Waals surface area contributed by atoms with Crippen LogP contribution < -0.4 is 10.6 Å². The van der Waals surface area contributed by atoms with Crippen molar-refractivity contribution in [3.63, 3.8) is 0 Å². The lowest BCUT2D eigenvalue weighted by atomic mass is 10.1. The number of halogens is 1. The van der Waals surface area contributed by atoms with Gasteiger partial charge in [0.2, 0.25) is 0 Å². The van der Waals surface area contributed by atoms with Gasteiger partial charge in [-0.2, -0.15) is 0 Å². The molecule has 0 fully saturated rings. The molecule has 1 aromatic carbocycles. The lowest BCUT2D eigenvalue weighted by Crippen LogP contribution is -2.28. The Morgan fingerprint density at radius 3 is 2.64 bits per heavy atom. The third kappa shape index (κ3) is 3.55. The number of hydrogen-bond acceptors (Lipinski definition) is 3. The molecule has 0 saturated carbocycles. The van der Waals surface area contributed by atoms with E-state index in [-0.39, 0.29) is 11.8 Å². The van der Waals surface area contributed by atoms with E-state index in [0.717, 1.165) is 28.0 Å². The lowest BCUT2D eigenvalue weighted by Gasteiger charge is -2.08. The summed E-state index contributed by atoms with van der Waals surface area (Å²) in [6, 6.07) is 13.6. The van der Waals surface area contributed by atoms with Gasteiger partial charge in [0, 0.05) is 24.5 Å². The molecule has 140 valence electrons. The average molecular weight is 375 g/mol. The molecule has 4 rings (SSSR count). The summed E-state index contributed by atoms with van der Waals surface area (Å²) >= 11 is 0. The van der Waals surface area contributed by atoms with Crippen molar-refractivity contribution in [3.8, 4) is 22.4 Å². The van der Waals surface area contributed by atoms with E-state index < -0.39 is 0 Å². The number of hydrogen-bond donors (Lipinski definition) is 2. The number of imidazole rings is 1. The van der Waals surface area contributed by atoms with Crippen molar-refractivity contribution in [2.75, 3.05) is 11.9 Å². The molecule has 6 nitrogen and oxygen atoms in total. The predicted molar refractivity (Wildman–Crippen MR) is 107 cm³/mol. The molecular formula is C21H18FN5O. The van der Waals surface area contributed by atoms with Gasteiger partial charge in [-0.05, 0) is 54.4 Å². The fourth-order valence-electron chi connectivity index (χ4n) is 3.00. The number of benzene rings is 1. The molecule has 2 N–H and O–H groups in total. The Hall–Kier alpha value is -3.74. The number of rotatable bonds is 4. The second kappa shape index (κ2) is 7.48. The fourth-order valence-corrected chi connectivity index (χ4v) is 3.00. The number of fused-ring (bicyclic) bond motifs is 1. The van der Waals surface area contributed by atoms with E-state index >= 15 is 0 Å². The molecule has 0 radical (unpaired) electrons. The van der Waals surface area contributed by atoms with Gasteiger partial charge in [0.25, 0.3) is 0 Å². The summed E-state index contributed by atoms with van der Waals surface area (Å²) in [5.41, 5.74) is 4.40. The van der Waals surface area contributed by atoms with Crippen molar-refractivity contribution in [3.05, 3.63) is 72.9 Å². The van der Waals surface area contributed by atoms with Gasteiger partial charge in [0.05, 0.1) is 11.9 Å². The Morgan fingerprint density at radius 1 is 1.04 bits per heavy atom. The first-order valence-electron chi connectivity index (χ1n) is 8.88. The van der Waals surface area contributed by atoms with Crippen molar-refractivity contribution in [2.24, 2.45) is 0 Å². The summed E-state index contributed by atoms with van der Waals surface area (Å²) < 4.78 is 15.1. The van der Waals surface area contributed by atoms with Gasteiger partial charge in [-0.3, -0.25) is 9.72 Å². The maximum atomic E-state index is 13.1. The number of nitrogens with zero attached hydrogens (tertiary/aromatic N) is 3. The van der Waals surface area contributed by atoms with Crippen LogP contribution in [0, 0.1) is 5.82 Å². The first-order chi connectivity index (χ1) is 13.6. The number of anilines is 1. The summed E-state index contributed by atoms with van der Waals surface area (Å²) in [7, 11) is 0. The number of urea groups is 1. The van der Waals surface area contributed by atoms with Crippen molar-refractivity contribution in [2.45, 2.75) is 6.92 Å². The maximum absolute atomic E-state index is 13.1. The van der Waals surface area contributed by atoms with Crippen LogP contribution in [-0.4, -0.2) is 26.9 Å². The Bertz CT molecular complexity index is 1140. The molecule has 0 unspecified atom stereocenters. The van der Waals surface area contributed by atoms with Crippen LogP contribution in [0.1, 0.15) is 6.92 Å². The van der Waals surface area contributed by atoms with Crippen LogP contribution in [0.2, 0.25) is 0 Å². The van der Waals surface area contributed by atoms with E-state index in [1.807, 2.05) is 35.7 Å². The molecule has 28 heavy (non-hydrogen) atoms. The summed E-state index contributed by atoms with van der Waals surface area (Å²) in [6.45, 7) is 2.39. The summed E-state index contributed by atoms with van der Waals surface area (Å²) in [5, 5.41) is 5.38. The molecule has 0 aliphatic rings. The van der Waals surface area contributed by atoms with Gasteiger partial charge in [-0.1, -0.05) is 12.1 Å². The first-order valence-corrected chi connectivity index (χ1v) is 8.88. The molecule has 0 atom stereocenters. The predicted octanol–water partition coefficient (Wildman–Crippen LogP) is 4.34. The molecule has 0 aliphatic carbocycles. The minimum Gasteiger partial charge on any atom is -0.338 e. The fraction of sp³-hybridized carbons (Fsp3) is 0.0952. The minimum atomic E-state index is -0.297. The number of pyridine rings is 2. The number of nitrogens with one attached hydrogen (secondary N) is 2. The third-order valence-electron chi connectivity index (χ3n) is 4.33. The highest BCUT2D eigenvalue weighted by atomic mass is 19.1. The second-order valence-corrected chi connectivity index (χ2v) is 6.21. The molecule has 0 saturated heterocycles. The molecule has 0 aliphatic heterocycles. The highest BCUT2D eigenvalue weighted by Gasteiger charge is 2.10. The topological polar surface area (TPSA) is 71.3 Å². The lowest BCUT2D eigenvalue weighted by molar-refractivity contribution is 0.252. The van der Waals surface area contributed by atoms with Crippen LogP contribution in [0.15, 0.2) is 67.1 Å². The summed E-state index contributed by atoms with van der Waals surface area (Å²) in [5.74, 6) is 0.198. The maximum Gasteiger partial charge on any atom is 0.320 e. The zero-order valence-electron chi connectivity index (χ0n) is 15.2. The zero-order chi connectivity index (χ0) is 19.5. The number of aromatic nitrogens is 3. The molecule has 0 spiro atoms. The van der Waals surface area contributed by atoms with E-state index in [1.54, 1.807) is 30.6 Å². The average Bonchev–Trinajstić information content (AvgIpc) is 3.12. The molecule has 3 aromatic heterocycles. The summed E-state index contributed by atoms with van der Waals surface area (Å²) in [4.78, 5) is 20.4. The van der Waals surface area contributed by atoms with Crippen LogP contribution in [0.5, 0.6) is 0 Å². The first kappa shape index (κ1) is 17.7. The van der Waals surface area contributed by atoms with Gasteiger partial charge in [-0.15, -0.1) is 0 Å². The van der Waals surface area contributed by atoms with Gasteiger partial charge in [0.1, 0.15) is 17.3 Å². The highest BCUT2D eigenvalue weighted by molar-refractivity contribution is 5.88. The standard InChI is InChI=1S/C21H18FN5O/c1-2-23-21(28)26-19-11-16(7-9-24-19)18-13-25-20-12-15(8-10-27(18)20)14-3-5-17(22)6-4-14/h3-13H,2H2,1H3,(H2,23,24,26,28). The van der Waals surface area contributed by atoms with Gasteiger partial charge in [0.15, 0.2) is 0 Å². The van der Waals surface area contributed by atoms with Crippen LogP contribution in [-0.2, 0) is 0 Å². The van der Waals surface area contributed by atoms with Crippen LogP contribution in [0.3, 0.4) is 0 Å². The SMILES string of the molecule is CCNC(=O)Nc1cc(-c2cnc3cc(-c4ccc(F)cc4)ccn23)ccn1. The van der Waals surface area contributed by atoms with Crippen molar-refractivity contribution in [1.82, 2.24) is 19.7 Å². The van der Waals surface area contributed by atoms with Crippen LogP contribution in [0.4, 0.5) is 15.0 Å². The van der Waals surface area contributed by atoms with Crippen molar-refractivity contribution >= 4 is 17.5 Å². The quantitative estimate of drug-likeness (QED) is 0.557. The Morgan fingerprint density at radius 2 is 1.86 bits per heavy atom. The zero-order valence-corrected chi connectivity index (χ0v) is 15.2. The third-order valence-corrected chi connectivity index (χ3v) is 4.33. The van der Waals surface area contributed by atoms with E-state index in [0.29, 0.717) is 12.4 Å². The largest absolute Gasteiger partial charge is 0.338 e. The summed E-state index contributed by atoms with van der Waals surface area (Å²) in [6.07, 6.45) is 5.34. The second-order valence-electron chi connectivity index (χ2n) is 6.21. The van der Waals surface area contributed by atoms with Gasteiger partial charge in [-0.25, -0.2) is 19.2 Å². The molecular weight excluding hydrogens is 357 g/mol. The van der Waals surface area contributed by atoms with E-state index in [9.17, 15) is 9.18 Å². The minimum absolute atomic E-state index is 0.261. The molecule has 3 heterocycles. The van der Waals surface area contributed by atoms with Crippen molar-refractivity contribution in [1.29, 1.82) is 0 Å². The normalized spacial score (nSPS) is 10.8. The van der Waals surface area contributed by atoms with Gasteiger partial charge >= 0.3 is 6.03 Å². The smallest absolute Gasteiger partial charge is 0.320 e. The number of amides is 2. The molecule has 4 aromatic rings. The van der Waals surface area contributed by atoms with E-state index in [4.69, 9.17) is 0 Å². The highest BCUT2D eigenvalue weighted by Crippen LogP contribution is 2.26. The molecule has 2 amide bonds. The van der Waals surface area contributed by atoms with Crippen LogP contribution >= 0.6 is 0 Å². The van der Waals surface area contributed by atoms with Crippen LogP contribution in [0.25, 0.3) is 28.0 Å². The Balaban J connectivity index is 1.66. The molecule has 7 heteroatoms. The van der Waals surface area contributed by atoms with E-state index in [2.05, 4.69) is 20.6 Å². The number of carbonyl (C=O) groups is 1. The monoisotopic (exact) mass is 375 g/mol. The van der Waals surface area contributed by atoms with Gasteiger partial charge < -0.3 is 5.32 Å². The molecule has 0 bridgehead atoms. The Labute approximate surface area is 161 Å².